The quantitative estimate of drug-likeness (QED) is 0.845. The Morgan fingerprint density at radius 1 is 1.41 bits per heavy atom. The Balaban J connectivity index is 1.81. The highest BCUT2D eigenvalue weighted by molar-refractivity contribution is 5.78. The van der Waals surface area contributed by atoms with Crippen molar-refractivity contribution in [2.45, 2.75) is 12.6 Å². The van der Waals surface area contributed by atoms with Crippen LogP contribution in [0.25, 0.3) is 10.9 Å². The molecule has 0 spiro atoms. The van der Waals surface area contributed by atoms with Crippen molar-refractivity contribution in [1.82, 2.24) is 10.0 Å². The number of fused-ring (bicyclic) bond motifs is 1. The molecule has 2 aromatic rings. The predicted molar refractivity (Wildman–Crippen MR) is 64.1 cm³/mol. The number of pyridine rings is 1. The largest absolute Gasteiger partial charge is 0.389 e. The standard InChI is InChI=1S/C13H14N2O2/c16-12-8-15(17-9-12)7-10-3-4-13-11(6-10)2-1-5-14-13/h1-6,12,16H,7-9H2/t12-/m0/s1. The van der Waals surface area contributed by atoms with E-state index in [2.05, 4.69) is 11.1 Å². The Kier molecular flexibility index (Phi) is 2.76. The van der Waals surface area contributed by atoms with E-state index < -0.39 is 0 Å². The molecular weight excluding hydrogens is 216 g/mol. The van der Waals surface area contributed by atoms with Crippen molar-refractivity contribution in [3.63, 3.8) is 0 Å². The van der Waals surface area contributed by atoms with E-state index in [-0.39, 0.29) is 6.10 Å². The van der Waals surface area contributed by atoms with Crippen LogP contribution in [0.3, 0.4) is 0 Å². The Morgan fingerprint density at radius 3 is 3.18 bits per heavy atom. The number of hydroxylamine groups is 2. The lowest BCUT2D eigenvalue weighted by molar-refractivity contribution is -0.117. The molecule has 4 nitrogen and oxygen atoms in total. The van der Waals surface area contributed by atoms with Crippen LogP contribution in [0, 0.1) is 0 Å². The van der Waals surface area contributed by atoms with Gasteiger partial charge >= 0.3 is 0 Å². The molecule has 0 radical (unpaired) electrons. The molecule has 2 heterocycles. The molecule has 1 aromatic heterocycles. The van der Waals surface area contributed by atoms with Gasteiger partial charge in [-0.2, -0.15) is 5.06 Å². The highest BCUT2D eigenvalue weighted by Gasteiger charge is 2.21. The molecule has 1 saturated heterocycles. The zero-order chi connectivity index (χ0) is 11.7. The number of aromatic nitrogens is 1. The zero-order valence-corrected chi connectivity index (χ0v) is 9.41. The highest BCUT2D eigenvalue weighted by Crippen LogP contribution is 2.16. The molecule has 88 valence electrons. The van der Waals surface area contributed by atoms with Crippen LogP contribution in [-0.2, 0) is 11.4 Å². The predicted octanol–water partition coefficient (Wildman–Crippen LogP) is 1.34. The van der Waals surface area contributed by atoms with Crippen LogP contribution >= 0.6 is 0 Å². The summed E-state index contributed by atoms with van der Waals surface area (Å²) in [6.45, 7) is 1.67. The second-order valence-electron chi connectivity index (χ2n) is 4.30. The third-order valence-corrected chi connectivity index (χ3v) is 2.89. The van der Waals surface area contributed by atoms with Crippen molar-refractivity contribution >= 4 is 10.9 Å². The van der Waals surface area contributed by atoms with Gasteiger partial charge in [0.15, 0.2) is 0 Å². The Morgan fingerprint density at radius 2 is 2.35 bits per heavy atom. The van der Waals surface area contributed by atoms with Gasteiger partial charge in [0.05, 0.1) is 24.8 Å². The fourth-order valence-electron chi connectivity index (χ4n) is 2.07. The van der Waals surface area contributed by atoms with Gasteiger partial charge in [-0.1, -0.05) is 12.1 Å². The summed E-state index contributed by atoms with van der Waals surface area (Å²) in [5.41, 5.74) is 2.17. The summed E-state index contributed by atoms with van der Waals surface area (Å²) in [6, 6.07) is 10.1. The molecule has 4 heteroatoms. The highest BCUT2D eigenvalue weighted by atomic mass is 16.7. The molecule has 0 bridgehead atoms. The minimum atomic E-state index is -0.364. The fourth-order valence-corrected chi connectivity index (χ4v) is 2.07. The number of benzene rings is 1. The van der Waals surface area contributed by atoms with Gasteiger partial charge in [0.25, 0.3) is 0 Å². The second kappa shape index (κ2) is 4.41. The number of rotatable bonds is 2. The van der Waals surface area contributed by atoms with E-state index in [9.17, 15) is 5.11 Å². The molecule has 0 unspecified atom stereocenters. The summed E-state index contributed by atoms with van der Waals surface area (Å²) in [5, 5.41) is 12.3. The van der Waals surface area contributed by atoms with E-state index in [0.717, 1.165) is 10.9 Å². The monoisotopic (exact) mass is 230 g/mol. The van der Waals surface area contributed by atoms with Gasteiger partial charge in [-0.3, -0.25) is 9.82 Å². The van der Waals surface area contributed by atoms with Gasteiger partial charge in [0.2, 0.25) is 0 Å². The lowest BCUT2D eigenvalue weighted by atomic mass is 10.1. The number of nitrogens with zero attached hydrogens (tertiary/aromatic N) is 2. The van der Waals surface area contributed by atoms with E-state index in [1.54, 1.807) is 11.3 Å². The first-order valence-corrected chi connectivity index (χ1v) is 5.71. The summed E-state index contributed by atoms with van der Waals surface area (Å²) in [7, 11) is 0. The van der Waals surface area contributed by atoms with Crippen LogP contribution in [0.5, 0.6) is 0 Å². The van der Waals surface area contributed by atoms with Crippen LogP contribution in [0.2, 0.25) is 0 Å². The molecule has 1 fully saturated rings. The van der Waals surface area contributed by atoms with E-state index in [1.807, 2.05) is 24.3 Å². The molecule has 3 rings (SSSR count). The number of hydrogen-bond acceptors (Lipinski definition) is 4. The molecule has 1 atom stereocenters. The van der Waals surface area contributed by atoms with Crippen LogP contribution in [0.4, 0.5) is 0 Å². The molecule has 1 aliphatic rings. The van der Waals surface area contributed by atoms with Crippen LogP contribution in [-0.4, -0.2) is 34.4 Å². The van der Waals surface area contributed by atoms with Crippen LogP contribution < -0.4 is 0 Å². The first kappa shape index (κ1) is 10.7. The van der Waals surface area contributed by atoms with Crippen molar-refractivity contribution in [2.75, 3.05) is 13.2 Å². The maximum atomic E-state index is 9.37. The lowest BCUT2D eigenvalue weighted by Crippen LogP contribution is -2.20. The maximum absolute atomic E-state index is 9.37. The van der Waals surface area contributed by atoms with Crippen LogP contribution in [0.1, 0.15) is 5.56 Å². The average Bonchev–Trinajstić information content (AvgIpc) is 2.75. The normalized spacial score (nSPS) is 21.1. The van der Waals surface area contributed by atoms with Gasteiger partial charge in [-0.05, 0) is 23.8 Å². The first-order chi connectivity index (χ1) is 8.31. The smallest absolute Gasteiger partial charge is 0.0958 e. The third-order valence-electron chi connectivity index (χ3n) is 2.89. The van der Waals surface area contributed by atoms with Crippen molar-refractivity contribution in [1.29, 1.82) is 0 Å². The first-order valence-electron chi connectivity index (χ1n) is 5.71. The number of aliphatic hydroxyl groups excluding tert-OH is 1. The summed E-state index contributed by atoms with van der Waals surface area (Å²) in [5.74, 6) is 0. The van der Waals surface area contributed by atoms with Crippen molar-refractivity contribution in [2.24, 2.45) is 0 Å². The van der Waals surface area contributed by atoms with E-state index in [1.165, 1.54) is 5.56 Å². The maximum Gasteiger partial charge on any atom is 0.0958 e. The minimum absolute atomic E-state index is 0.364. The third kappa shape index (κ3) is 2.29. The van der Waals surface area contributed by atoms with Crippen LogP contribution in [0.15, 0.2) is 36.5 Å². The topological polar surface area (TPSA) is 45.6 Å². The SMILES string of the molecule is O[C@@H]1CON(Cc2ccc3ncccc3c2)C1. The molecule has 1 aromatic carbocycles. The minimum Gasteiger partial charge on any atom is -0.389 e. The van der Waals surface area contributed by atoms with Crippen molar-refractivity contribution in [3.05, 3.63) is 42.1 Å². The van der Waals surface area contributed by atoms with Gasteiger partial charge in [-0.25, -0.2) is 0 Å². The van der Waals surface area contributed by atoms with E-state index >= 15 is 0 Å². The average molecular weight is 230 g/mol. The molecule has 17 heavy (non-hydrogen) atoms. The Hall–Kier alpha value is -1.49. The summed E-state index contributed by atoms with van der Waals surface area (Å²) < 4.78 is 0. The number of β-amino-alcohol motifs (C(OH)–C–C–N with tert-alkyl or cyclic N) is 1. The van der Waals surface area contributed by atoms with Gasteiger partial charge in [0, 0.05) is 18.1 Å². The van der Waals surface area contributed by atoms with Crippen molar-refractivity contribution in [3.8, 4) is 0 Å². The fraction of sp³-hybridized carbons (Fsp3) is 0.308. The second-order valence-corrected chi connectivity index (χ2v) is 4.30. The van der Waals surface area contributed by atoms with Gasteiger partial charge in [-0.15, -0.1) is 0 Å². The Bertz CT molecular complexity index is 530. The summed E-state index contributed by atoms with van der Waals surface area (Å²) in [6.07, 6.45) is 1.43. The Labute approximate surface area is 99.4 Å². The molecule has 1 aliphatic heterocycles. The van der Waals surface area contributed by atoms with Gasteiger partial charge in [0.1, 0.15) is 0 Å². The molecule has 0 saturated carbocycles. The molecule has 0 amide bonds. The van der Waals surface area contributed by atoms with E-state index in [0.29, 0.717) is 19.7 Å². The lowest BCUT2D eigenvalue weighted by Gasteiger charge is -2.13. The summed E-state index contributed by atoms with van der Waals surface area (Å²) >= 11 is 0. The van der Waals surface area contributed by atoms with E-state index in [4.69, 9.17) is 4.84 Å². The summed E-state index contributed by atoms with van der Waals surface area (Å²) in [4.78, 5) is 9.63. The van der Waals surface area contributed by atoms with Crippen molar-refractivity contribution < 1.29 is 9.94 Å². The molecule has 0 aliphatic carbocycles. The number of hydrogen-bond donors (Lipinski definition) is 1. The molecular formula is C13H14N2O2. The number of aliphatic hydroxyl groups is 1. The molecule has 1 N–H and O–H groups in total. The zero-order valence-electron chi connectivity index (χ0n) is 9.41. The van der Waals surface area contributed by atoms with Gasteiger partial charge < -0.3 is 5.11 Å².